The second-order valence-corrected chi connectivity index (χ2v) is 10.3. The predicted molar refractivity (Wildman–Crippen MR) is 132 cm³/mol. The van der Waals surface area contributed by atoms with E-state index in [4.69, 9.17) is 4.74 Å². The Hall–Kier alpha value is -4.09. The average molecular weight is 498 g/mol. The maximum Gasteiger partial charge on any atom is 0.240 e. The first-order valence-electron chi connectivity index (χ1n) is 12.3. The molecule has 4 atom stereocenters. The maximum atomic E-state index is 14.0. The Morgan fingerprint density at radius 1 is 1.05 bits per heavy atom. The summed E-state index contributed by atoms with van der Waals surface area (Å²) in [5.41, 5.74) is -0.720. The molecule has 0 saturated carbocycles. The van der Waals surface area contributed by atoms with E-state index in [0.29, 0.717) is 40.4 Å². The van der Waals surface area contributed by atoms with Gasteiger partial charge in [-0.3, -0.25) is 14.4 Å². The molecular weight excluding hydrogens is 473 g/mol. The number of fused-ring (bicyclic) bond motifs is 6. The number of carbonyl (C=O) groups is 3. The second-order valence-electron chi connectivity index (χ2n) is 10.3. The summed E-state index contributed by atoms with van der Waals surface area (Å²) < 4.78 is 20.4. The van der Waals surface area contributed by atoms with E-state index in [1.165, 1.54) is 11.0 Å². The minimum Gasteiger partial charge on any atom is -0.367 e. The molecule has 0 spiro atoms. The van der Waals surface area contributed by atoms with Crippen LogP contribution < -0.4 is 10.2 Å². The number of nitriles is 1. The van der Waals surface area contributed by atoms with Crippen LogP contribution >= 0.6 is 0 Å². The molecule has 3 saturated heterocycles. The Bertz CT molecular complexity index is 1530. The van der Waals surface area contributed by atoms with Crippen molar-refractivity contribution < 1.29 is 23.5 Å². The molecular formula is C29H24FN3O4. The number of hydrogen-bond acceptors (Lipinski definition) is 5. The zero-order valence-electron chi connectivity index (χ0n) is 20.2. The van der Waals surface area contributed by atoms with E-state index in [1.807, 2.05) is 6.92 Å². The van der Waals surface area contributed by atoms with E-state index in [9.17, 15) is 24.0 Å². The van der Waals surface area contributed by atoms with Gasteiger partial charge in [-0.2, -0.15) is 5.26 Å². The van der Waals surface area contributed by atoms with Crippen LogP contribution in [0.2, 0.25) is 0 Å². The number of ether oxygens (including phenoxy) is 1. The highest BCUT2D eigenvalue weighted by molar-refractivity contribution is 6.26. The van der Waals surface area contributed by atoms with Crippen molar-refractivity contribution in [3.8, 4) is 6.07 Å². The Morgan fingerprint density at radius 3 is 2.51 bits per heavy atom. The molecule has 3 aliphatic rings. The fraction of sp³-hybridized carbons (Fsp3) is 0.310. The summed E-state index contributed by atoms with van der Waals surface area (Å²) in [4.78, 5) is 41.9. The van der Waals surface area contributed by atoms with Gasteiger partial charge < -0.3 is 10.1 Å². The molecule has 37 heavy (non-hydrogen) atoms. The highest BCUT2D eigenvalue weighted by atomic mass is 19.1. The van der Waals surface area contributed by atoms with E-state index in [0.717, 1.165) is 0 Å². The van der Waals surface area contributed by atoms with Crippen molar-refractivity contribution >= 4 is 34.2 Å². The fourth-order valence-corrected chi connectivity index (χ4v) is 6.50. The highest BCUT2D eigenvalue weighted by Crippen LogP contribution is 2.62. The number of imide groups is 1. The van der Waals surface area contributed by atoms with Crippen molar-refractivity contribution in [2.45, 2.75) is 43.9 Å². The van der Waals surface area contributed by atoms with Crippen molar-refractivity contribution in [1.29, 1.82) is 5.26 Å². The zero-order chi connectivity index (χ0) is 25.9. The van der Waals surface area contributed by atoms with E-state index < -0.39 is 34.8 Å². The van der Waals surface area contributed by atoms with Gasteiger partial charge in [-0.05, 0) is 38.0 Å². The summed E-state index contributed by atoms with van der Waals surface area (Å²) in [7, 11) is 0. The molecule has 8 heteroatoms. The van der Waals surface area contributed by atoms with Crippen molar-refractivity contribution in [2.75, 3.05) is 4.90 Å². The van der Waals surface area contributed by atoms with Gasteiger partial charge in [-0.1, -0.05) is 42.5 Å². The summed E-state index contributed by atoms with van der Waals surface area (Å²) in [6.45, 7) is 1.85. The number of carbonyl (C=O) groups excluding carboxylic acids is 3. The lowest BCUT2D eigenvalue weighted by molar-refractivity contribution is -0.135. The van der Waals surface area contributed by atoms with Crippen LogP contribution in [0.3, 0.4) is 0 Å². The van der Waals surface area contributed by atoms with Crippen LogP contribution in [0.15, 0.2) is 60.7 Å². The molecule has 6 rings (SSSR count). The molecule has 3 fully saturated rings. The number of rotatable bonds is 5. The van der Waals surface area contributed by atoms with Crippen molar-refractivity contribution in [1.82, 2.24) is 5.32 Å². The Balaban J connectivity index is 1.32. The molecule has 3 aromatic carbocycles. The molecule has 7 nitrogen and oxygen atoms in total. The highest BCUT2D eigenvalue weighted by Gasteiger charge is 2.74. The number of benzene rings is 3. The van der Waals surface area contributed by atoms with Crippen molar-refractivity contribution in [3.63, 3.8) is 0 Å². The Labute approximate surface area is 212 Å². The minimum absolute atomic E-state index is 0.0170. The lowest BCUT2D eigenvalue weighted by atomic mass is 9.67. The van der Waals surface area contributed by atoms with Gasteiger partial charge in [0.2, 0.25) is 17.7 Å². The quantitative estimate of drug-likeness (QED) is 0.538. The van der Waals surface area contributed by atoms with Crippen LogP contribution in [-0.2, 0) is 25.7 Å². The van der Waals surface area contributed by atoms with Gasteiger partial charge in [0, 0.05) is 22.9 Å². The molecule has 3 aliphatic heterocycles. The van der Waals surface area contributed by atoms with E-state index in [-0.39, 0.29) is 24.8 Å². The molecule has 186 valence electrons. The van der Waals surface area contributed by atoms with Gasteiger partial charge in [0.05, 0.1) is 46.8 Å². The maximum absolute atomic E-state index is 14.0. The first kappa shape index (κ1) is 23.3. The van der Waals surface area contributed by atoms with Crippen LogP contribution in [0.25, 0.3) is 10.8 Å². The van der Waals surface area contributed by atoms with E-state index in [1.54, 1.807) is 54.6 Å². The molecule has 0 radical (unpaired) electrons. The normalized spacial score (nSPS) is 28.0. The number of nitrogens with zero attached hydrogens (tertiary/aromatic N) is 2. The monoisotopic (exact) mass is 497 g/mol. The number of hydrogen-bond donors (Lipinski definition) is 1. The van der Waals surface area contributed by atoms with Gasteiger partial charge in [0.25, 0.3) is 0 Å². The molecule has 0 aliphatic carbocycles. The molecule has 2 bridgehead atoms. The van der Waals surface area contributed by atoms with Crippen molar-refractivity contribution in [2.24, 2.45) is 11.8 Å². The Morgan fingerprint density at radius 2 is 1.76 bits per heavy atom. The summed E-state index contributed by atoms with van der Waals surface area (Å²) in [5, 5.41) is 13.6. The lowest BCUT2D eigenvalue weighted by Crippen LogP contribution is -2.45. The van der Waals surface area contributed by atoms with E-state index in [2.05, 4.69) is 11.4 Å². The topological polar surface area (TPSA) is 99.5 Å². The van der Waals surface area contributed by atoms with Gasteiger partial charge in [0.1, 0.15) is 5.82 Å². The van der Waals surface area contributed by atoms with Gasteiger partial charge >= 0.3 is 0 Å². The van der Waals surface area contributed by atoms with Gasteiger partial charge in [-0.25, -0.2) is 9.29 Å². The van der Waals surface area contributed by atoms with Crippen molar-refractivity contribution in [3.05, 3.63) is 77.6 Å². The van der Waals surface area contributed by atoms with Crippen LogP contribution in [0.1, 0.15) is 37.3 Å². The molecule has 0 aromatic heterocycles. The number of nitrogens with one attached hydrogen (secondary N) is 1. The number of amides is 3. The summed E-state index contributed by atoms with van der Waals surface area (Å²) in [6, 6.07) is 18.8. The average Bonchev–Trinajstić information content (AvgIpc) is 3.46. The van der Waals surface area contributed by atoms with Crippen LogP contribution in [0, 0.1) is 29.0 Å². The molecule has 3 heterocycles. The summed E-state index contributed by atoms with van der Waals surface area (Å²) in [6.07, 6.45) is 0.924. The smallest absolute Gasteiger partial charge is 0.240 e. The minimum atomic E-state index is -1.11. The third-order valence-corrected chi connectivity index (χ3v) is 8.17. The first-order valence-corrected chi connectivity index (χ1v) is 12.3. The number of halogens is 1. The van der Waals surface area contributed by atoms with Gasteiger partial charge in [0.15, 0.2) is 0 Å². The molecule has 3 aromatic rings. The number of anilines is 1. The molecule has 3 amide bonds. The lowest BCUT2D eigenvalue weighted by Gasteiger charge is -2.30. The van der Waals surface area contributed by atoms with Crippen LogP contribution in [0.4, 0.5) is 10.1 Å². The molecule has 4 unspecified atom stereocenters. The first-order chi connectivity index (χ1) is 17.8. The zero-order valence-corrected chi connectivity index (χ0v) is 20.2. The fourth-order valence-electron chi connectivity index (χ4n) is 6.50. The van der Waals surface area contributed by atoms with Crippen LogP contribution in [0.5, 0.6) is 0 Å². The standard InChI is InChI=1S/C29H24FN3O4/c1-28-12-13-29(37-28,14-23(34)32-16-18-6-2-5-9-21(18)30)25-24(28)26(35)33(27(25)36)22-11-10-17(15-31)19-7-3-4-8-20(19)22/h2-11,24-25H,12-14,16H2,1H3,(H,32,34). The van der Waals surface area contributed by atoms with Crippen LogP contribution in [-0.4, -0.2) is 28.9 Å². The molecule has 1 N–H and O–H groups in total. The Kier molecular flexibility index (Phi) is 5.18. The summed E-state index contributed by atoms with van der Waals surface area (Å²) in [5.74, 6) is -3.02. The SMILES string of the molecule is CC12CCC(CC(=O)NCc3ccccc3F)(O1)C1C(=O)N(c3ccc(C#N)c4ccccc34)C(=O)C12. The third kappa shape index (κ3) is 3.38. The summed E-state index contributed by atoms with van der Waals surface area (Å²) >= 11 is 0. The van der Waals surface area contributed by atoms with E-state index >= 15 is 0 Å². The second kappa shape index (κ2) is 8.22. The largest absolute Gasteiger partial charge is 0.367 e. The predicted octanol–water partition coefficient (Wildman–Crippen LogP) is 3.98. The third-order valence-electron chi connectivity index (χ3n) is 8.17. The van der Waals surface area contributed by atoms with Gasteiger partial charge in [-0.15, -0.1) is 0 Å².